The van der Waals surface area contributed by atoms with Gasteiger partial charge in [-0.15, -0.1) is 0 Å². The first-order valence-corrected chi connectivity index (χ1v) is 8.67. The minimum atomic E-state index is -0.540. The van der Waals surface area contributed by atoms with E-state index in [-0.39, 0.29) is 5.56 Å². The van der Waals surface area contributed by atoms with E-state index in [2.05, 4.69) is 44.0 Å². The van der Waals surface area contributed by atoms with Crippen LogP contribution in [0.3, 0.4) is 0 Å². The van der Waals surface area contributed by atoms with Crippen LogP contribution in [0.15, 0.2) is 34.8 Å². The second-order valence-electron chi connectivity index (χ2n) is 5.38. The SMILES string of the molecule is Fc1cc(Br)cc(F)c1C(Br)c1ccc2c(c1)CCCC2. The highest BCUT2D eigenvalue weighted by Gasteiger charge is 2.21. The maximum atomic E-state index is 14.1. The highest BCUT2D eigenvalue weighted by Crippen LogP contribution is 2.37. The molecule has 0 spiro atoms. The van der Waals surface area contributed by atoms with Crippen LogP contribution in [-0.2, 0) is 12.8 Å². The molecule has 0 aliphatic heterocycles. The molecule has 0 nitrogen and oxygen atoms in total. The van der Waals surface area contributed by atoms with Crippen LogP contribution in [0.5, 0.6) is 0 Å². The summed E-state index contributed by atoms with van der Waals surface area (Å²) in [5.74, 6) is -1.08. The zero-order chi connectivity index (χ0) is 15.0. The topological polar surface area (TPSA) is 0 Å². The van der Waals surface area contributed by atoms with E-state index < -0.39 is 16.5 Å². The summed E-state index contributed by atoms with van der Waals surface area (Å²) in [6, 6.07) is 8.72. The third-order valence-corrected chi connectivity index (χ3v) is 5.41. The van der Waals surface area contributed by atoms with E-state index in [0.29, 0.717) is 4.47 Å². The fourth-order valence-corrected chi connectivity index (χ4v) is 4.00. The van der Waals surface area contributed by atoms with Gasteiger partial charge in [0.05, 0.1) is 4.83 Å². The Kier molecular flexibility index (Phi) is 4.46. The number of benzene rings is 2. The molecule has 1 atom stereocenters. The molecule has 0 fully saturated rings. The van der Waals surface area contributed by atoms with Gasteiger partial charge in [-0.3, -0.25) is 0 Å². The van der Waals surface area contributed by atoms with E-state index in [1.54, 1.807) is 0 Å². The molecular formula is C17H14Br2F2. The van der Waals surface area contributed by atoms with Gasteiger partial charge in [-0.1, -0.05) is 50.1 Å². The van der Waals surface area contributed by atoms with Crippen LogP contribution in [0.25, 0.3) is 0 Å². The minimum Gasteiger partial charge on any atom is -0.206 e. The van der Waals surface area contributed by atoms with Gasteiger partial charge in [-0.25, -0.2) is 8.78 Å². The molecule has 1 aliphatic carbocycles. The molecule has 2 aromatic rings. The van der Waals surface area contributed by atoms with Crippen molar-refractivity contribution in [2.24, 2.45) is 0 Å². The van der Waals surface area contributed by atoms with Crippen molar-refractivity contribution in [1.82, 2.24) is 0 Å². The summed E-state index contributed by atoms with van der Waals surface area (Å²) >= 11 is 6.56. The van der Waals surface area contributed by atoms with Crippen molar-refractivity contribution < 1.29 is 8.78 Å². The number of fused-ring (bicyclic) bond motifs is 1. The van der Waals surface area contributed by atoms with Crippen LogP contribution >= 0.6 is 31.9 Å². The molecule has 21 heavy (non-hydrogen) atoms. The molecule has 4 heteroatoms. The van der Waals surface area contributed by atoms with Gasteiger partial charge < -0.3 is 0 Å². The van der Waals surface area contributed by atoms with Crippen LogP contribution in [-0.4, -0.2) is 0 Å². The Labute approximate surface area is 139 Å². The lowest BCUT2D eigenvalue weighted by Gasteiger charge is -2.19. The molecular weight excluding hydrogens is 402 g/mol. The Morgan fingerprint density at radius 3 is 2.19 bits per heavy atom. The number of alkyl halides is 1. The molecule has 110 valence electrons. The summed E-state index contributed by atoms with van der Waals surface area (Å²) in [6.45, 7) is 0. The fourth-order valence-electron chi connectivity index (χ4n) is 2.87. The van der Waals surface area contributed by atoms with Gasteiger partial charge in [0.1, 0.15) is 11.6 Å². The van der Waals surface area contributed by atoms with Crippen LogP contribution in [0.1, 0.15) is 39.9 Å². The van der Waals surface area contributed by atoms with E-state index in [0.717, 1.165) is 18.4 Å². The average Bonchev–Trinajstić information content (AvgIpc) is 2.45. The molecule has 0 N–H and O–H groups in total. The van der Waals surface area contributed by atoms with E-state index in [1.807, 2.05) is 6.07 Å². The highest BCUT2D eigenvalue weighted by atomic mass is 79.9. The predicted octanol–water partition coefficient (Wildman–Crippen LogP) is 6.09. The molecule has 1 aliphatic rings. The van der Waals surface area contributed by atoms with Gasteiger partial charge in [0.2, 0.25) is 0 Å². The van der Waals surface area contributed by atoms with Gasteiger partial charge in [0.15, 0.2) is 0 Å². The largest absolute Gasteiger partial charge is 0.206 e. The van der Waals surface area contributed by atoms with E-state index in [9.17, 15) is 8.78 Å². The summed E-state index contributed by atoms with van der Waals surface area (Å²) in [4.78, 5) is -0.474. The lowest BCUT2D eigenvalue weighted by Crippen LogP contribution is -2.06. The van der Waals surface area contributed by atoms with Gasteiger partial charge in [-0.05, 0) is 54.5 Å². The van der Waals surface area contributed by atoms with Gasteiger partial charge >= 0.3 is 0 Å². The third kappa shape index (κ3) is 3.07. The molecule has 2 aromatic carbocycles. The van der Waals surface area contributed by atoms with Crippen LogP contribution in [0.4, 0.5) is 8.78 Å². The normalized spacial score (nSPS) is 15.6. The Hall–Kier alpha value is -0.740. The number of rotatable bonds is 2. The molecule has 0 aromatic heterocycles. The summed E-state index contributed by atoms with van der Waals surface area (Å²) < 4.78 is 28.6. The van der Waals surface area contributed by atoms with Crippen molar-refractivity contribution in [2.75, 3.05) is 0 Å². The zero-order valence-corrected chi connectivity index (χ0v) is 14.5. The molecule has 1 unspecified atom stereocenters. The molecule has 0 amide bonds. The average molecular weight is 416 g/mol. The lowest BCUT2D eigenvalue weighted by atomic mass is 9.89. The van der Waals surface area contributed by atoms with E-state index in [1.165, 1.54) is 36.1 Å². The van der Waals surface area contributed by atoms with E-state index >= 15 is 0 Å². The number of aryl methyl sites for hydroxylation is 2. The first-order valence-electron chi connectivity index (χ1n) is 6.96. The molecule has 0 saturated heterocycles. The summed E-state index contributed by atoms with van der Waals surface area (Å²) in [6.07, 6.45) is 4.56. The number of halogens is 4. The smallest absolute Gasteiger partial charge is 0.131 e. The molecule has 0 heterocycles. The van der Waals surface area contributed by atoms with Crippen molar-refractivity contribution in [1.29, 1.82) is 0 Å². The van der Waals surface area contributed by atoms with Crippen LogP contribution in [0, 0.1) is 11.6 Å². The second-order valence-corrected chi connectivity index (χ2v) is 7.21. The first-order chi connectivity index (χ1) is 10.1. The quantitative estimate of drug-likeness (QED) is 0.520. The number of hydrogen-bond acceptors (Lipinski definition) is 0. The Morgan fingerprint density at radius 2 is 1.52 bits per heavy atom. The van der Waals surface area contributed by atoms with Crippen LogP contribution < -0.4 is 0 Å². The van der Waals surface area contributed by atoms with Crippen molar-refractivity contribution in [3.05, 3.63) is 68.7 Å². The van der Waals surface area contributed by atoms with Gasteiger partial charge in [0, 0.05) is 10.0 Å². The molecule has 0 saturated carbocycles. The minimum absolute atomic E-state index is 0.0639. The summed E-state index contributed by atoms with van der Waals surface area (Å²) in [7, 11) is 0. The molecule has 0 radical (unpaired) electrons. The monoisotopic (exact) mass is 414 g/mol. The summed E-state index contributed by atoms with van der Waals surface area (Å²) in [5.41, 5.74) is 3.63. The van der Waals surface area contributed by atoms with Crippen molar-refractivity contribution in [3.63, 3.8) is 0 Å². The highest BCUT2D eigenvalue weighted by molar-refractivity contribution is 9.10. The Balaban J connectivity index is 2.01. The Morgan fingerprint density at radius 1 is 0.905 bits per heavy atom. The fraction of sp³-hybridized carbons (Fsp3) is 0.294. The van der Waals surface area contributed by atoms with Gasteiger partial charge in [-0.2, -0.15) is 0 Å². The second kappa shape index (κ2) is 6.17. The standard InChI is InChI=1S/C17H14Br2F2/c18-13-8-14(20)16(15(21)9-13)17(19)12-6-5-10-3-1-2-4-11(10)7-12/h5-9,17H,1-4H2. The van der Waals surface area contributed by atoms with Crippen molar-refractivity contribution in [3.8, 4) is 0 Å². The summed E-state index contributed by atoms with van der Waals surface area (Å²) in [5, 5.41) is 0. The van der Waals surface area contributed by atoms with Gasteiger partial charge in [0.25, 0.3) is 0 Å². The lowest BCUT2D eigenvalue weighted by molar-refractivity contribution is 0.559. The Bertz CT molecular complexity index is 659. The number of hydrogen-bond donors (Lipinski definition) is 0. The predicted molar refractivity (Wildman–Crippen MR) is 87.9 cm³/mol. The molecule has 0 bridgehead atoms. The van der Waals surface area contributed by atoms with E-state index in [4.69, 9.17) is 0 Å². The van der Waals surface area contributed by atoms with Crippen LogP contribution in [0.2, 0.25) is 0 Å². The third-order valence-electron chi connectivity index (χ3n) is 3.96. The van der Waals surface area contributed by atoms with Crippen molar-refractivity contribution in [2.45, 2.75) is 30.5 Å². The molecule has 3 rings (SSSR count). The first kappa shape index (κ1) is 15.2. The maximum Gasteiger partial charge on any atom is 0.131 e. The zero-order valence-electron chi connectivity index (χ0n) is 11.3. The van der Waals surface area contributed by atoms with Crippen molar-refractivity contribution >= 4 is 31.9 Å². The maximum absolute atomic E-state index is 14.1.